The Hall–Kier alpha value is -0.360. The van der Waals surface area contributed by atoms with Gasteiger partial charge in [-0.15, -0.1) is 0 Å². The monoisotopic (exact) mass is 245 g/mol. The zero-order valence-corrected chi connectivity index (χ0v) is 9.45. The van der Waals surface area contributed by atoms with Crippen molar-refractivity contribution in [3.8, 4) is 0 Å². The summed E-state index contributed by atoms with van der Waals surface area (Å²) in [6, 6.07) is 0. The molecule has 0 aromatic heterocycles. The molecule has 0 rings (SSSR count). The zero-order chi connectivity index (χ0) is 12.7. The van der Waals surface area contributed by atoms with Crippen molar-refractivity contribution in [1.82, 2.24) is 0 Å². The lowest BCUT2D eigenvalue weighted by Crippen LogP contribution is -2.30. The first-order valence-corrected chi connectivity index (χ1v) is 5.28. The predicted molar refractivity (Wildman–Crippen MR) is 53.9 cm³/mol. The third-order valence-electron chi connectivity index (χ3n) is 2.32. The minimum absolute atomic E-state index is 0.139. The molecule has 2 N–H and O–H groups in total. The van der Waals surface area contributed by atoms with Crippen molar-refractivity contribution in [2.45, 2.75) is 43.9 Å². The fraction of sp³-hybridized carbons (Fsp3) is 1.00. The summed E-state index contributed by atoms with van der Waals surface area (Å²) >= 11 is 0. The topological polar surface area (TPSA) is 35.2 Å². The smallest absolute Gasteiger partial charge is 0.381 e. The molecular formula is C10H19F4NO. The fourth-order valence-electron chi connectivity index (χ4n) is 1.55. The van der Waals surface area contributed by atoms with Crippen molar-refractivity contribution in [3.05, 3.63) is 0 Å². The van der Waals surface area contributed by atoms with E-state index in [0.717, 1.165) is 0 Å². The maximum Gasteiger partial charge on any atom is 0.389 e. The molecular weight excluding hydrogens is 226 g/mol. The predicted octanol–water partition coefficient (Wildman–Crippen LogP) is 2.81. The average Bonchev–Trinajstić information content (AvgIpc) is 2.13. The van der Waals surface area contributed by atoms with Gasteiger partial charge in [-0.3, -0.25) is 0 Å². The van der Waals surface area contributed by atoms with Gasteiger partial charge < -0.3 is 10.5 Å². The van der Waals surface area contributed by atoms with Crippen LogP contribution in [0.5, 0.6) is 0 Å². The standard InChI is InChI=1S/C10H19F4NO/c1-16-8-9(11,5-3-7-15)4-2-6-10(12,13)14/h2-8,15H2,1H3. The molecule has 0 aliphatic carbocycles. The number of hydrogen-bond donors (Lipinski definition) is 1. The number of ether oxygens (including phenoxy) is 1. The second-order valence-electron chi connectivity index (χ2n) is 3.94. The van der Waals surface area contributed by atoms with Crippen LogP contribution in [0.15, 0.2) is 0 Å². The largest absolute Gasteiger partial charge is 0.389 e. The van der Waals surface area contributed by atoms with Crippen LogP contribution in [0.25, 0.3) is 0 Å². The molecule has 0 fully saturated rings. The highest BCUT2D eigenvalue weighted by molar-refractivity contribution is 4.79. The van der Waals surface area contributed by atoms with Gasteiger partial charge in [0.1, 0.15) is 5.67 Å². The molecule has 1 atom stereocenters. The summed E-state index contributed by atoms with van der Waals surface area (Å²) in [6.45, 7) is 0.152. The van der Waals surface area contributed by atoms with Crippen molar-refractivity contribution >= 4 is 0 Å². The van der Waals surface area contributed by atoms with E-state index >= 15 is 0 Å². The van der Waals surface area contributed by atoms with Gasteiger partial charge in [-0.25, -0.2) is 4.39 Å². The van der Waals surface area contributed by atoms with Crippen molar-refractivity contribution in [1.29, 1.82) is 0 Å². The normalized spacial score (nSPS) is 16.1. The minimum Gasteiger partial charge on any atom is -0.381 e. The van der Waals surface area contributed by atoms with Gasteiger partial charge in [0.25, 0.3) is 0 Å². The van der Waals surface area contributed by atoms with Gasteiger partial charge in [0.2, 0.25) is 0 Å². The maximum absolute atomic E-state index is 14.0. The molecule has 0 aliphatic heterocycles. The average molecular weight is 245 g/mol. The summed E-state index contributed by atoms with van der Waals surface area (Å²) in [6.07, 6.45) is -4.93. The Morgan fingerprint density at radius 3 is 2.00 bits per heavy atom. The van der Waals surface area contributed by atoms with Crippen LogP contribution in [-0.4, -0.2) is 32.1 Å². The van der Waals surface area contributed by atoms with E-state index in [1.165, 1.54) is 7.11 Å². The van der Waals surface area contributed by atoms with Gasteiger partial charge in [0.15, 0.2) is 0 Å². The van der Waals surface area contributed by atoms with Gasteiger partial charge in [0.05, 0.1) is 6.61 Å². The summed E-state index contributed by atoms with van der Waals surface area (Å²) in [4.78, 5) is 0. The molecule has 6 heteroatoms. The number of methoxy groups -OCH3 is 1. The summed E-state index contributed by atoms with van der Waals surface area (Å²) in [7, 11) is 1.33. The molecule has 16 heavy (non-hydrogen) atoms. The summed E-state index contributed by atoms with van der Waals surface area (Å²) < 4.78 is 54.4. The highest BCUT2D eigenvalue weighted by Gasteiger charge is 2.32. The van der Waals surface area contributed by atoms with Crippen LogP contribution < -0.4 is 5.73 Å². The van der Waals surface area contributed by atoms with Crippen molar-refractivity contribution in [3.63, 3.8) is 0 Å². The van der Waals surface area contributed by atoms with Crippen LogP contribution in [0.1, 0.15) is 32.1 Å². The molecule has 0 aliphatic rings. The number of halogens is 4. The Balaban J connectivity index is 4.01. The molecule has 2 nitrogen and oxygen atoms in total. The van der Waals surface area contributed by atoms with Crippen LogP contribution >= 0.6 is 0 Å². The van der Waals surface area contributed by atoms with Gasteiger partial charge >= 0.3 is 6.18 Å². The van der Waals surface area contributed by atoms with Crippen LogP contribution in [0, 0.1) is 0 Å². The van der Waals surface area contributed by atoms with E-state index in [1.807, 2.05) is 0 Å². The molecule has 0 amide bonds. The molecule has 0 aromatic carbocycles. The Kier molecular flexibility index (Phi) is 6.90. The molecule has 0 spiro atoms. The van der Waals surface area contributed by atoms with Gasteiger partial charge in [-0.1, -0.05) is 0 Å². The van der Waals surface area contributed by atoms with Crippen molar-refractivity contribution < 1.29 is 22.3 Å². The maximum atomic E-state index is 14.0. The Morgan fingerprint density at radius 1 is 1.00 bits per heavy atom. The number of nitrogens with two attached hydrogens (primary N) is 1. The van der Waals surface area contributed by atoms with Crippen molar-refractivity contribution in [2.75, 3.05) is 20.3 Å². The molecule has 0 radical (unpaired) electrons. The van der Waals surface area contributed by atoms with E-state index in [-0.39, 0.29) is 25.9 Å². The quantitative estimate of drug-likeness (QED) is 0.667. The highest BCUT2D eigenvalue weighted by Crippen LogP contribution is 2.29. The molecule has 98 valence electrons. The molecule has 0 aromatic rings. The summed E-state index contributed by atoms with van der Waals surface area (Å²) in [5.74, 6) is 0. The second kappa shape index (κ2) is 7.06. The molecule has 0 saturated heterocycles. The lowest BCUT2D eigenvalue weighted by atomic mass is 9.94. The number of hydrogen-bond acceptors (Lipinski definition) is 2. The fourth-order valence-corrected chi connectivity index (χ4v) is 1.55. The first-order valence-electron chi connectivity index (χ1n) is 5.28. The lowest BCUT2D eigenvalue weighted by Gasteiger charge is -2.24. The van der Waals surface area contributed by atoms with E-state index in [1.54, 1.807) is 0 Å². The Bertz CT molecular complexity index is 186. The Labute approximate surface area is 93.1 Å². The van der Waals surface area contributed by atoms with E-state index in [2.05, 4.69) is 4.74 Å². The molecule has 0 bridgehead atoms. The van der Waals surface area contributed by atoms with Crippen LogP contribution in [0.2, 0.25) is 0 Å². The van der Waals surface area contributed by atoms with E-state index in [0.29, 0.717) is 13.0 Å². The zero-order valence-electron chi connectivity index (χ0n) is 9.45. The minimum atomic E-state index is -4.22. The van der Waals surface area contributed by atoms with Crippen molar-refractivity contribution in [2.24, 2.45) is 5.73 Å². The first kappa shape index (κ1) is 15.6. The Morgan fingerprint density at radius 2 is 1.56 bits per heavy atom. The molecule has 0 heterocycles. The summed E-state index contributed by atoms with van der Waals surface area (Å²) in [5.41, 5.74) is 3.56. The van der Waals surface area contributed by atoms with Gasteiger partial charge in [-0.2, -0.15) is 13.2 Å². The molecule has 0 saturated carbocycles. The van der Waals surface area contributed by atoms with Gasteiger partial charge in [-0.05, 0) is 32.2 Å². The van der Waals surface area contributed by atoms with Gasteiger partial charge in [0, 0.05) is 13.5 Å². The second-order valence-corrected chi connectivity index (χ2v) is 3.94. The van der Waals surface area contributed by atoms with E-state index in [4.69, 9.17) is 5.73 Å². The number of rotatable bonds is 8. The van der Waals surface area contributed by atoms with E-state index < -0.39 is 18.3 Å². The first-order chi connectivity index (χ1) is 7.33. The molecule has 1 unspecified atom stereocenters. The summed E-state index contributed by atoms with van der Waals surface area (Å²) in [5, 5.41) is 0. The van der Waals surface area contributed by atoms with Crippen LogP contribution in [0.3, 0.4) is 0 Å². The van der Waals surface area contributed by atoms with E-state index in [9.17, 15) is 17.6 Å². The SMILES string of the molecule is COCC(F)(CCCN)CCCC(F)(F)F. The number of alkyl halides is 4. The highest BCUT2D eigenvalue weighted by atomic mass is 19.4. The third kappa shape index (κ3) is 7.87. The van der Waals surface area contributed by atoms with Crippen LogP contribution in [0.4, 0.5) is 17.6 Å². The lowest BCUT2D eigenvalue weighted by molar-refractivity contribution is -0.137. The third-order valence-corrected chi connectivity index (χ3v) is 2.32. The van der Waals surface area contributed by atoms with Crippen LogP contribution in [-0.2, 0) is 4.74 Å².